The maximum absolute atomic E-state index is 12.9. The molecule has 0 radical (unpaired) electrons. The first-order valence-electron chi connectivity index (χ1n) is 8.49. The summed E-state index contributed by atoms with van der Waals surface area (Å²) >= 11 is 0. The molecule has 1 aromatic rings. The van der Waals surface area contributed by atoms with Crippen LogP contribution in [-0.4, -0.2) is 50.6 Å². The molecule has 128 valence electrons. The predicted molar refractivity (Wildman–Crippen MR) is 93.9 cm³/mol. The van der Waals surface area contributed by atoms with Crippen LogP contribution in [0.4, 0.5) is 5.69 Å². The minimum atomic E-state index is -0.396. The van der Waals surface area contributed by atoms with Gasteiger partial charge in [-0.05, 0) is 25.0 Å². The van der Waals surface area contributed by atoms with Crippen LogP contribution < -0.4 is 15.4 Å². The molecule has 1 aliphatic heterocycles. The number of hydrogen-bond acceptors (Lipinski definition) is 4. The van der Waals surface area contributed by atoms with E-state index >= 15 is 0 Å². The highest BCUT2D eigenvalue weighted by atomic mass is 16.5. The van der Waals surface area contributed by atoms with E-state index in [2.05, 4.69) is 24.8 Å². The van der Waals surface area contributed by atoms with Crippen molar-refractivity contribution in [3.05, 3.63) is 24.3 Å². The van der Waals surface area contributed by atoms with E-state index in [-0.39, 0.29) is 5.91 Å². The Morgan fingerprint density at radius 2 is 1.78 bits per heavy atom. The van der Waals surface area contributed by atoms with Gasteiger partial charge in [0, 0.05) is 32.7 Å². The maximum Gasteiger partial charge on any atom is 0.230 e. The molecule has 0 saturated carbocycles. The Labute approximate surface area is 139 Å². The topological polar surface area (TPSA) is 58.8 Å². The molecule has 0 aliphatic carbocycles. The fourth-order valence-corrected chi connectivity index (χ4v) is 3.31. The summed E-state index contributed by atoms with van der Waals surface area (Å²) in [6, 6.07) is 8.03. The number of methoxy groups -OCH3 is 1. The van der Waals surface area contributed by atoms with E-state index < -0.39 is 5.41 Å². The molecule has 0 spiro atoms. The van der Waals surface area contributed by atoms with Crippen molar-refractivity contribution in [2.75, 3.05) is 44.7 Å². The van der Waals surface area contributed by atoms with E-state index in [9.17, 15) is 4.79 Å². The number of amides is 1. The Balaban J connectivity index is 2.05. The van der Waals surface area contributed by atoms with Gasteiger partial charge in [-0.25, -0.2) is 0 Å². The van der Waals surface area contributed by atoms with Crippen LogP contribution in [0.15, 0.2) is 24.3 Å². The van der Waals surface area contributed by atoms with Crippen LogP contribution in [0, 0.1) is 5.41 Å². The van der Waals surface area contributed by atoms with Gasteiger partial charge in [0.1, 0.15) is 5.75 Å². The molecular formula is C18H29N3O2. The lowest BCUT2D eigenvalue weighted by atomic mass is 9.81. The van der Waals surface area contributed by atoms with Crippen LogP contribution in [0.25, 0.3) is 0 Å². The minimum Gasteiger partial charge on any atom is -0.495 e. The van der Waals surface area contributed by atoms with Crippen molar-refractivity contribution in [1.29, 1.82) is 0 Å². The number of rotatable bonds is 6. The second-order valence-corrected chi connectivity index (χ2v) is 6.14. The number of piperazine rings is 1. The van der Waals surface area contributed by atoms with Gasteiger partial charge < -0.3 is 20.3 Å². The highest BCUT2D eigenvalue weighted by Crippen LogP contribution is 2.31. The van der Waals surface area contributed by atoms with E-state index in [0.29, 0.717) is 6.54 Å². The Bertz CT molecular complexity index is 512. The zero-order chi connectivity index (χ0) is 16.9. The van der Waals surface area contributed by atoms with Gasteiger partial charge in [-0.3, -0.25) is 4.79 Å². The van der Waals surface area contributed by atoms with Gasteiger partial charge in [-0.1, -0.05) is 26.0 Å². The van der Waals surface area contributed by atoms with Crippen molar-refractivity contribution in [3.63, 3.8) is 0 Å². The lowest BCUT2D eigenvalue weighted by molar-refractivity contribution is -0.142. The summed E-state index contributed by atoms with van der Waals surface area (Å²) in [5.74, 6) is 1.09. The molecule has 1 amide bonds. The van der Waals surface area contributed by atoms with Gasteiger partial charge in [0.05, 0.1) is 18.2 Å². The average molecular weight is 319 g/mol. The Morgan fingerprint density at radius 1 is 1.17 bits per heavy atom. The number of carbonyl (C=O) groups is 1. The molecule has 5 heteroatoms. The first-order chi connectivity index (χ1) is 11.1. The zero-order valence-corrected chi connectivity index (χ0v) is 14.5. The van der Waals surface area contributed by atoms with Crippen LogP contribution in [0.3, 0.4) is 0 Å². The summed E-state index contributed by atoms with van der Waals surface area (Å²) in [5, 5.41) is 0. The van der Waals surface area contributed by atoms with Gasteiger partial charge in [-0.2, -0.15) is 0 Å². The molecule has 1 heterocycles. The predicted octanol–water partition coefficient (Wildman–Crippen LogP) is 2.11. The normalized spacial score (nSPS) is 15.7. The van der Waals surface area contributed by atoms with Gasteiger partial charge in [0.25, 0.3) is 0 Å². The molecule has 1 aromatic carbocycles. The SMILES string of the molecule is CCC(CC)(CN)C(=O)N1CCN(c2ccccc2OC)CC1. The van der Waals surface area contributed by atoms with E-state index in [4.69, 9.17) is 10.5 Å². The summed E-state index contributed by atoms with van der Waals surface area (Å²) < 4.78 is 5.44. The summed E-state index contributed by atoms with van der Waals surface area (Å²) in [5.41, 5.74) is 6.62. The van der Waals surface area contributed by atoms with Crippen molar-refractivity contribution >= 4 is 11.6 Å². The molecule has 1 fully saturated rings. The molecule has 0 aromatic heterocycles. The van der Waals surface area contributed by atoms with Crippen LogP contribution in [0.2, 0.25) is 0 Å². The van der Waals surface area contributed by atoms with Crippen LogP contribution in [-0.2, 0) is 4.79 Å². The molecule has 0 bridgehead atoms. The second kappa shape index (κ2) is 7.68. The van der Waals surface area contributed by atoms with Crippen LogP contribution in [0.5, 0.6) is 5.75 Å². The van der Waals surface area contributed by atoms with E-state index in [1.54, 1.807) is 7.11 Å². The number of ether oxygens (including phenoxy) is 1. The largest absolute Gasteiger partial charge is 0.495 e. The number of anilines is 1. The minimum absolute atomic E-state index is 0.213. The maximum atomic E-state index is 12.9. The second-order valence-electron chi connectivity index (χ2n) is 6.14. The smallest absolute Gasteiger partial charge is 0.230 e. The number of benzene rings is 1. The molecular weight excluding hydrogens is 290 g/mol. The summed E-state index contributed by atoms with van der Waals surface area (Å²) in [6.07, 6.45) is 1.59. The van der Waals surface area contributed by atoms with Crippen LogP contribution >= 0.6 is 0 Å². The number of hydrogen-bond donors (Lipinski definition) is 1. The molecule has 1 aliphatic rings. The van der Waals surface area contributed by atoms with E-state index in [0.717, 1.165) is 50.5 Å². The van der Waals surface area contributed by atoms with Gasteiger partial charge in [0.2, 0.25) is 5.91 Å². The third kappa shape index (κ3) is 3.44. The third-order valence-corrected chi connectivity index (χ3v) is 5.19. The van der Waals surface area contributed by atoms with Crippen molar-refractivity contribution in [3.8, 4) is 5.75 Å². The Hall–Kier alpha value is -1.75. The highest BCUT2D eigenvalue weighted by molar-refractivity contribution is 5.83. The first kappa shape index (κ1) is 17.6. The number of nitrogens with two attached hydrogens (primary N) is 1. The number of nitrogens with zero attached hydrogens (tertiary/aromatic N) is 2. The van der Waals surface area contributed by atoms with Crippen LogP contribution in [0.1, 0.15) is 26.7 Å². The average Bonchev–Trinajstić information content (AvgIpc) is 2.63. The van der Waals surface area contributed by atoms with E-state index in [1.165, 1.54) is 0 Å². The monoisotopic (exact) mass is 319 g/mol. The lowest BCUT2D eigenvalue weighted by Gasteiger charge is -2.41. The molecule has 2 N–H and O–H groups in total. The number of para-hydroxylation sites is 2. The summed E-state index contributed by atoms with van der Waals surface area (Å²) in [6.45, 7) is 7.64. The molecule has 0 unspecified atom stereocenters. The quantitative estimate of drug-likeness (QED) is 0.872. The molecule has 1 saturated heterocycles. The van der Waals surface area contributed by atoms with Gasteiger partial charge in [0.15, 0.2) is 0 Å². The molecule has 2 rings (SSSR count). The van der Waals surface area contributed by atoms with Crippen molar-refractivity contribution < 1.29 is 9.53 Å². The molecule has 0 atom stereocenters. The standard InChI is InChI=1S/C18H29N3O2/c1-4-18(5-2,14-19)17(22)21-12-10-20(11-13-21)15-8-6-7-9-16(15)23-3/h6-9H,4-5,10-14,19H2,1-3H3. The Kier molecular flexibility index (Phi) is 5.88. The first-order valence-corrected chi connectivity index (χ1v) is 8.49. The lowest BCUT2D eigenvalue weighted by Crippen LogP contribution is -2.54. The highest BCUT2D eigenvalue weighted by Gasteiger charge is 2.37. The fraction of sp³-hybridized carbons (Fsp3) is 0.611. The van der Waals surface area contributed by atoms with Crippen molar-refractivity contribution in [2.24, 2.45) is 11.1 Å². The Morgan fingerprint density at radius 3 is 2.30 bits per heavy atom. The van der Waals surface area contributed by atoms with Crippen molar-refractivity contribution in [2.45, 2.75) is 26.7 Å². The third-order valence-electron chi connectivity index (χ3n) is 5.19. The van der Waals surface area contributed by atoms with E-state index in [1.807, 2.05) is 23.1 Å². The fourth-order valence-electron chi connectivity index (χ4n) is 3.31. The summed E-state index contributed by atoms with van der Waals surface area (Å²) in [7, 11) is 1.69. The van der Waals surface area contributed by atoms with Crippen molar-refractivity contribution in [1.82, 2.24) is 4.90 Å². The zero-order valence-electron chi connectivity index (χ0n) is 14.5. The number of carbonyl (C=O) groups excluding carboxylic acids is 1. The molecule has 23 heavy (non-hydrogen) atoms. The molecule has 5 nitrogen and oxygen atoms in total. The van der Waals surface area contributed by atoms with Gasteiger partial charge >= 0.3 is 0 Å². The summed E-state index contributed by atoms with van der Waals surface area (Å²) in [4.78, 5) is 17.1. The van der Waals surface area contributed by atoms with Gasteiger partial charge in [-0.15, -0.1) is 0 Å².